The highest BCUT2D eigenvalue weighted by Gasteiger charge is 2.85. The molecule has 44 heavy (non-hydrogen) atoms. The van der Waals surface area contributed by atoms with E-state index in [0.717, 1.165) is 77.0 Å². The van der Waals surface area contributed by atoms with Crippen molar-refractivity contribution in [2.75, 3.05) is 20.6 Å². The third kappa shape index (κ3) is 5.37. The number of nitrogens with zero attached hydrogens (tertiary/aromatic N) is 2. The molecular weight excluding hydrogens is 556 g/mol. The monoisotopic (exact) mass is 614 g/mol. The van der Waals surface area contributed by atoms with E-state index in [9.17, 15) is 24.3 Å². The maximum Gasteiger partial charge on any atom is 0.326 e. The normalized spacial score (nSPS) is 32.6. The SMILES string of the molecule is CN(C)C1CCCC[C@H]1C(=O)N[C@H](C(=O)N[C@H](C(=O)N1C[C@]2(C[C@H]1C(=O)O)C(C)(C)C21CCC1)C(C)(C)C)C1CCCCC1. The topological polar surface area (TPSA) is 119 Å². The molecule has 1 aliphatic heterocycles. The van der Waals surface area contributed by atoms with Crippen molar-refractivity contribution in [3.63, 3.8) is 0 Å². The van der Waals surface area contributed by atoms with Gasteiger partial charge in [-0.2, -0.15) is 0 Å². The van der Waals surface area contributed by atoms with Gasteiger partial charge in [-0.3, -0.25) is 14.4 Å². The van der Waals surface area contributed by atoms with Crippen LogP contribution in [-0.4, -0.2) is 83.4 Å². The summed E-state index contributed by atoms with van der Waals surface area (Å²) in [6.07, 6.45) is 12.6. The standard InChI is InChI=1S/C35H58N4O5/c1-32(2,3)27(30(42)39-21-35(20-25(39)31(43)44)33(4,5)34(35)18-13-19-34)37-29(41)26(22-14-9-8-10-15-22)36-28(40)23-16-11-12-17-24(23)38(6)7/h22-27H,8-21H2,1-7H3,(H,36,40)(H,37,41)(H,43,44)/t23-,24?,25+,26+,27-,35-/m1/s1. The summed E-state index contributed by atoms with van der Waals surface area (Å²) in [6.45, 7) is 10.7. The van der Waals surface area contributed by atoms with Crippen molar-refractivity contribution in [3.8, 4) is 0 Å². The molecule has 6 atom stereocenters. The lowest BCUT2D eigenvalue weighted by molar-refractivity contribution is -0.151. The summed E-state index contributed by atoms with van der Waals surface area (Å²) in [5, 5.41) is 16.6. The van der Waals surface area contributed by atoms with E-state index in [1.165, 1.54) is 0 Å². The lowest BCUT2D eigenvalue weighted by atomic mass is 9.73. The summed E-state index contributed by atoms with van der Waals surface area (Å²) in [4.78, 5) is 58.8. The van der Waals surface area contributed by atoms with Crippen LogP contribution in [0.15, 0.2) is 0 Å². The fraction of sp³-hybridized carbons (Fsp3) is 0.886. The summed E-state index contributed by atoms with van der Waals surface area (Å²) < 4.78 is 0. The van der Waals surface area contributed by atoms with E-state index in [1.54, 1.807) is 4.90 Å². The Morgan fingerprint density at radius 3 is 2.00 bits per heavy atom. The van der Waals surface area contributed by atoms with Gasteiger partial charge in [0.05, 0.1) is 5.92 Å². The number of aliphatic carboxylic acids is 1. The molecule has 5 rings (SSSR count). The first kappa shape index (κ1) is 33.2. The molecule has 1 heterocycles. The molecule has 0 radical (unpaired) electrons. The van der Waals surface area contributed by atoms with E-state index >= 15 is 0 Å². The second-order valence-electron chi connectivity index (χ2n) is 16.8. The molecule has 3 N–H and O–H groups in total. The van der Waals surface area contributed by atoms with Crippen LogP contribution in [0.4, 0.5) is 0 Å². The van der Waals surface area contributed by atoms with Gasteiger partial charge in [0, 0.05) is 18.0 Å². The van der Waals surface area contributed by atoms with Gasteiger partial charge in [0.2, 0.25) is 17.7 Å². The predicted molar refractivity (Wildman–Crippen MR) is 170 cm³/mol. The second-order valence-corrected chi connectivity index (χ2v) is 16.8. The summed E-state index contributed by atoms with van der Waals surface area (Å²) in [5.41, 5.74) is -0.741. The first-order valence-electron chi connectivity index (χ1n) is 17.4. The van der Waals surface area contributed by atoms with Crippen LogP contribution in [0.5, 0.6) is 0 Å². The Balaban J connectivity index is 1.37. The smallest absolute Gasteiger partial charge is 0.326 e. The third-order valence-electron chi connectivity index (χ3n) is 13.2. The van der Waals surface area contributed by atoms with Gasteiger partial charge < -0.3 is 25.5 Å². The van der Waals surface area contributed by atoms with Gasteiger partial charge in [0.1, 0.15) is 18.1 Å². The summed E-state index contributed by atoms with van der Waals surface area (Å²) in [7, 11) is 4.03. The molecule has 5 aliphatic rings. The first-order valence-corrected chi connectivity index (χ1v) is 17.4. The highest BCUT2D eigenvalue weighted by atomic mass is 16.4. The van der Waals surface area contributed by atoms with Gasteiger partial charge in [0.25, 0.3) is 0 Å². The molecule has 0 aromatic rings. The molecule has 2 spiro atoms. The molecule has 4 aliphatic carbocycles. The van der Waals surface area contributed by atoms with Gasteiger partial charge in [-0.15, -0.1) is 0 Å². The zero-order valence-electron chi connectivity index (χ0n) is 28.3. The number of carbonyl (C=O) groups excluding carboxylic acids is 3. The van der Waals surface area contributed by atoms with Crippen molar-refractivity contribution in [1.29, 1.82) is 0 Å². The van der Waals surface area contributed by atoms with Crippen molar-refractivity contribution in [3.05, 3.63) is 0 Å². The van der Waals surface area contributed by atoms with Crippen molar-refractivity contribution in [2.45, 2.75) is 142 Å². The number of likely N-dealkylation sites (tertiary alicyclic amines) is 1. The first-order chi connectivity index (χ1) is 20.6. The molecule has 3 amide bonds. The molecule has 4 saturated carbocycles. The Kier molecular flexibility index (Phi) is 8.97. The second kappa shape index (κ2) is 11.9. The number of rotatable bonds is 8. The number of amides is 3. The molecule has 0 aromatic heterocycles. The van der Waals surface area contributed by atoms with Gasteiger partial charge in [0.15, 0.2) is 0 Å². The number of hydrogen-bond acceptors (Lipinski definition) is 5. The fourth-order valence-electron chi connectivity index (χ4n) is 10.3. The zero-order chi connectivity index (χ0) is 32.2. The Morgan fingerprint density at radius 2 is 1.48 bits per heavy atom. The van der Waals surface area contributed by atoms with Crippen LogP contribution in [0.1, 0.15) is 118 Å². The van der Waals surface area contributed by atoms with Gasteiger partial charge in [-0.1, -0.05) is 73.1 Å². The minimum absolute atomic E-state index is 0.0115. The third-order valence-corrected chi connectivity index (χ3v) is 13.2. The van der Waals surface area contributed by atoms with E-state index in [1.807, 2.05) is 34.9 Å². The number of carboxylic acids is 1. The largest absolute Gasteiger partial charge is 0.480 e. The Labute approximate surface area is 264 Å². The van der Waals surface area contributed by atoms with Gasteiger partial charge >= 0.3 is 5.97 Å². The van der Waals surface area contributed by atoms with Crippen LogP contribution < -0.4 is 10.6 Å². The van der Waals surface area contributed by atoms with Crippen LogP contribution in [-0.2, 0) is 19.2 Å². The molecule has 1 saturated heterocycles. The molecular formula is C35H58N4O5. The lowest BCUT2D eigenvalue weighted by Crippen LogP contribution is -2.61. The summed E-state index contributed by atoms with van der Waals surface area (Å²) in [6, 6.07) is -2.38. The molecule has 0 bridgehead atoms. The summed E-state index contributed by atoms with van der Waals surface area (Å²) in [5.74, 6) is -1.84. The van der Waals surface area contributed by atoms with Gasteiger partial charge in [-0.05, 0) is 81.2 Å². The number of fused-ring (bicyclic) bond motifs is 1. The Bertz CT molecular complexity index is 1130. The average molecular weight is 615 g/mol. The van der Waals surface area contributed by atoms with Crippen LogP contribution >= 0.6 is 0 Å². The molecule has 1 unspecified atom stereocenters. The van der Waals surface area contributed by atoms with E-state index < -0.39 is 29.5 Å². The zero-order valence-corrected chi connectivity index (χ0v) is 28.3. The minimum atomic E-state index is -0.971. The summed E-state index contributed by atoms with van der Waals surface area (Å²) >= 11 is 0. The Hall–Kier alpha value is -2.16. The quantitative estimate of drug-likeness (QED) is 0.368. The van der Waals surface area contributed by atoms with Crippen molar-refractivity contribution >= 4 is 23.7 Å². The fourth-order valence-corrected chi connectivity index (χ4v) is 10.3. The maximum absolute atomic E-state index is 14.4. The van der Waals surface area contributed by atoms with Crippen LogP contribution in [0.2, 0.25) is 0 Å². The number of carboxylic acid groups (broad SMARTS) is 1. The number of hydrogen-bond donors (Lipinski definition) is 3. The van der Waals surface area contributed by atoms with E-state index in [-0.39, 0.29) is 51.8 Å². The van der Waals surface area contributed by atoms with E-state index in [0.29, 0.717) is 13.0 Å². The lowest BCUT2D eigenvalue weighted by Gasteiger charge is -2.39. The van der Waals surface area contributed by atoms with Crippen LogP contribution in [0.25, 0.3) is 0 Å². The van der Waals surface area contributed by atoms with Crippen LogP contribution in [0.3, 0.4) is 0 Å². The molecule has 248 valence electrons. The molecule has 9 nitrogen and oxygen atoms in total. The van der Waals surface area contributed by atoms with Crippen molar-refractivity contribution in [1.82, 2.24) is 20.4 Å². The predicted octanol–water partition coefficient (Wildman–Crippen LogP) is 4.58. The maximum atomic E-state index is 14.4. The molecule has 5 fully saturated rings. The minimum Gasteiger partial charge on any atom is -0.480 e. The highest BCUT2D eigenvalue weighted by molar-refractivity contribution is 5.95. The number of carbonyl (C=O) groups is 4. The van der Waals surface area contributed by atoms with Crippen LogP contribution in [0, 0.1) is 33.5 Å². The van der Waals surface area contributed by atoms with Gasteiger partial charge in [-0.25, -0.2) is 4.79 Å². The van der Waals surface area contributed by atoms with Crippen molar-refractivity contribution < 1.29 is 24.3 Å². The highest BCUT2D eigenvalue weighted by Crippen LogP contribution is 2.88. The van der Waals surface area contributed by atoms with Crippen molar-refractivity contribution in [2.24, 2.45) is 33.5 Å². The van der Waals surface area contributed by atoms with E-state index in [2.05, 4.69) is 29.4 Å². The van der Waals surface area contributed by atoms with E-state index in [4.69, 9.17) is 0 Å². The molecule has 9 heteroatoms. The molecule has 0 aromatic carbocycles. The number of nitrogens with one attached hydrogen (secondary N) is 2. The Morgan fingerprint density at radius 1 is 0.864 bits per heavy atom. The average Bonchev–Trinajstić information content (AvgIpc) is 3.18.